The van der Waals surface area contributed by atoms with Crippen LogP contribution in [0.4, 0.5) is 0 Å². The molecule has 0 heterocycles. The van der Waals surface area contributed by atoms with Gasteiger partial charge in [-0.3, -0.25) is 5.32 Å². The summed E-state index contributed by atoms with van der Waals surface area (Å²) in [7, 11) is 0. The second kappa shape index (κ2) is 6.53. The van der Waals surface area contributed by atoms with Crippen molar-refractivity contribution in [3.8, 4) is 0 Å². The molecule has 1 aliphatic carbocycles. The highest BCUT2D eigenvalue weighted by Crippen LogP contribution is 2.24. The molecular formula is C14H27NO3. The van der Waals surface area contributed by atoms with Gasteiger partial charge in [-0.25, -0.2) is 4.79 Å². The molecular weight excluding hydrogens is 230 g/mol. The Bertz CT molecular complexity index is 276. The third kappa shape index (κ3) is 4.58. The van der Waals surface area contributed by atoms with Gasteiger partial charge in [0.1, 0.15) is 5.54 Å². The van der Waals surface area contributed by atoms with E-state index in [-0.39, 0.29) is 12.1 Å². The maximum Gasteiger partial charge on any atom is 0.328 e. The number of esters is 1. The van der Waals surface area contributed by atoms with Crippen molar-refractivity contribution in [2.75, 3.05) is 13.2 Å². The molecule has 1 saturated carbocycles. The Morgan fingerprint density at radius 3 is 2.44 bits per heavy atom. The first kappa shape index (κ1) is 15.4. The molecule has 2 unspecified atom stereocenters. The lowest BCUT2D eigenvalue weighted by molar-refractivity contribution is -0.154. The molecule has 0 aromatic rings. The lowest BCUT2D eigenvalue weighted by atomic mass is 10.0. The van der Waals surface area contributed by atoms with Gasteiger partial charge in [-0.2, -0.15) is 0 Å². The first-order valence-corrected chi connectivity index (χ1v) is 6.95. The number of carbonyl (C=O) groups excluding carboxylic acids is 1. The molecule has 4 nitrogen and oxygen atoms in total. The zero-order valence-corrected chi connectivity index (χ0v) is 12.3. The van der Waals surface area contributed by atoms with Gasteiger partial charge in [0.15, 0.2) is 0 Å². The van der Waals surface area contributed by atoms with Gasteiger partial charge in [-0.05, 0) is 39.5 Å². The Kier molecular flexibility index (Phi) is 5.60. The van der Waals surface area contributed by atoms with E-state index in [2.05, 4.69) is 19.2 Å². The second-order valence-corrected chi connectivity index (χ2v) is 5.73. The minimum absolute atomic E-state index is 0.139. The molecule has 2 atom stereocenters. The summed E-state index contributed by atoms with van der Waals surface area (Å²) in [6.45, 7) is 10.7. The van der Waals surface area contributed by atoms with Crippen LogP contribution in [0.5, 0.6) is 0 Å². The van der Waals surface area contributed by atoms with Crippen LogP contribution in [0, 0.1) is 5.92 Å². The van der Waals surface area contributed by atoms with E-state index in [1.54, 1.807) is 0 Å². The molecule has 0 radical (unpaired) electrons. The zero-order valence-electron chi connectivity index (χ0n) is 12.3. The minimum atomic E-state index is -0.722. The quantitative estimate of drug-likeness (QED) is 0.677. The van der Waals surface area contributed by atoms with Gasteiger partial charge < -0.3 is 9.47 Å². The first-order valence-electron chi connectivity index (χ1n) is 6.95. The standard InChI is InChI=1S/C14H27NO3/c1-6-17-13(16)14(5,15-12-7-8-12)9-18-11(4)10(2)3/h10-12,15H,6-9H2,1-5H3. The van der Waals surface area contributed by atoms with Crippen LogP contribution in [-0.2, 0) is 14.3 Å². The van der Waals surface area contributed by atoms with Crippen molar-refractivity contribution in [2.45, 2.75) is 65.1 Å². The van der Waals surface area contributed by atoms with E-state index in [1.807, 2.05) is 20.8 Å². The molecule has 1 aliphatic rings. The Morgan fingerprint density at radius 2 is 2.00 bits per heavy atom. The van der Waals surface area contributed by atoms with E-state index in [0.29, 0.717) is 25.2 Å². The minimum Gasteiger partial charge on any atom is -0.465 e. The number of hydrogen-bond acceptors (Lipinski definition) is 4. The summed E-state index contributed by atoms with van der Waals surface area (Å²) in [6, 6.07) is 0.442. The molecule has 0 bridgehead atoms. The van der Waals surface area contributed by atoms with Gasteiger partial charge in [0.2, 0.25) is 0 Å². The molecule has 1 fully saturated rings. The van der Waals surface area contributed by atoms with E-state index in [9.17, 15) is 4.79 Å². The van der Waals surface area contributed by atoms with Crippen molar-refractivity contribution in [1.29, 1.82) is 0 Å². The summed E-state index contributed by atoms with van der Waals surface area (Å²) in [5.41, 5.74) is -0.722. The van der Waals surface area contributed by atoms with Crippen molar-refractivity contribution in [3.05, 3.63) is 0 Å². The van der Waals surface area contributed by atoms with E-state index in [4.69, 9.17) is 9.47 Å². The number of rotatable bonds is 8. The average Bonchev–Trinajstić information content (AvgIpc) is 3.09. The highest BCUT2D eigenvalue weighted by atomic mass is 16.5. The van der Waals surface area contributed by atoms with Crippen LogP contribution in [0.25, 0.3) is 0 Å². The van der Waals surface area contributed by atoms with E-state index >= 15 is 0 Å². The fraction of sp³-hybridized carbons (Fsp3) is 0.929. The topological polar surface area (TPSA) is 47.6 Å². The Balaban J connectivity index is 2.55. The average molecular weight is 257 g/mol. The third-order valence-corrected chi connectivity index (χ3v) is 3.40. The normalized spacial score (nSPS) is 20.6. The predicted molar refractivity (Wildman–Crippen MR) is 71.4 cm³/mol. The lowest BCUT2D eigenvalue weighted by Gasteiger charge is -2.30. The smallest absolute Gasteiger partial charge is 0.328 e. The van der Waals surface area contributed by atoms with Crippen LogP contribution < -0.4 is 5.32 Å². The van der Waals surface area contributed by atoms with E-state index in [1.165, 1.54) is 0 Å². The fourth-order valence-electron chi connectivity index (χ4n) is 1.62. The molecule has 0 aromatic carbocycles. The Hall–Kier alpha value is -0.610. The van der Waals surface area contributed by atoms with Crippen LogP contribution in [0.3, 0.4) is 0 Å². The van der Waals surface area contributed by atoms with Crippen molar-refractivity contribution in [2.24, 2.45) is 5.92 Å². The van der Waals surface area contributed by atoms with Gasteiger partial charge in [-0.1, -0.05) is 13.8 Å². The molecule has 4 heteroatoms. The summed E-state index contributed by atoms with van der Waals surface area (Å²) >= 11 is 0. The van der Waals surface area contributed by atoms with Crippen molar-refractivity contribution in [3.63, 3.8) is 0 Å². The highest BCUT2D eigenvalue weighted by Gasteiger charge is 2.40. The largest absolute Gasteiger partial charge is 0.465 e. The van der Waals surface area contributed by atoms with Crippen LogP contribution in [0.15, 0.2) is 0 Å². The molecule has 0 amide bonds. The molecule has 0 saturated heterocycles. The van der Waals surface area contributed by atoms with Crippen molar-refractivity contribution in [1.82, 2.24) is 5.32 Å². The predicted octanol–water partition coefficient (Wildman–Crippen LogP) is 2.12. The summed E-state index contributed by atoms with van der Waals surface area (Å²) in [5, 5.41) is 3.35. The molecule has 1 N–H and O–H groups in total. The number of carbonyl (C=O) groups is 1. The third-order valence-electron chi connectivity index (χ3n) is 3.40. The van der Waals surface area contributed by atoms with Crippen LogP contribution in [-0.4, -0.2) is 36.9 Å². The first-order chi connectivity index (χ1) is 8.39. The van der Waals surface area contributed by atoms with E-state index in [0.717, 1.165) is 12.8 Å². The molecule has 0 spiro atoms. The van der Waals surface area contributed by atoms with Gasteiger partial charge >= 0.3 is 5.97 Å². The monoisotopic (exact) mass is 257 g/mol. The van der Waals surface area contributed by atoms with Gasteiger partial charge in [0, 0.05) is 6.04 Å². The molecule has 0 aromatic heterocycles. The number of nitrogens with one attached hydrogen (secondary N) is 1. The summed E-state index contributed by atoms with van der Waals surface area (Å²) in [4.78, 5) is 12.0. The summed E-state index contributed by atoms with van der Waals surface area (Å²) in [5.74, 6) is 0.227. The highest BCUT2D eigenvalue weighted by molar-refractivity contribution is 5.80. The Morgan fingerprint density at radius 1 is 1.39 bits per heavy atom. The van der Waals surface area contributed by atoms with Gasteiger partial charge in [0.25, 0.3) is 0 Å². The van der Waals surface area contributed by atoms with Crippen LogP contribution in [0.2, 0.25) is 0 Å². The van der Waals surface area contributed by atoms with Crippen LogP contribution >= 0.6 is 0 Å². The van der Waals surface area contributed by atoms with Gasteiger partial charge in [0.05, 0.1) is 19.3 Å². The van der Waals surface area contributed by atoms with Gasteiger partial charge in [-0.15, -0.1) is 0 Å². The zero-order chi connectivity index (χ0) is 13.8. The fourth-order valence-corrected chi connectivity index (χ4v) is 1.62. The maximum absolute atomic E-state index is 12.0. The van der Waals surface area contributed by atoms with Crippen molar-refractivity contribution < 1.29 is 14.3 Å². The molecule has 1 rings (SSSR count). The lowest BCUT2D eigenvalue weighted by Crippen LogP contribution is -2.55. The van der Waals surface area contributed by atoms with E-state index < -0.39 is 5.54 Å². The van der Waals surface area contributed by atoms with Crippen molar-refractivity contribution >= 4 is 5.97 Å². The Labute approximate surface area is 110 Å². The number of ether oxygens (including phenoxy) is 2. The maximum atomic E-state index is 12.0. The number of hydrogen-bond donors (Lipinski definition) is 1. The SMILES string of the molecule is CCOC(=O)C(C)(COC(C)C(C)C)NC1CC1. The molecule has 0 aliphatic heterocycles. The second-order valence-electron chi connectivity index (χ2n) is 5.73. The molecule has 18 heavy (non-hydrogen) atoms. The van der Waals surface area contributed by atoms with Crippen LogP contribution in [0.1, 0.15) is 47.5 Å². The summed E-state index contributed by atoms with van der Waals surface area (Å²) in [6.07, 6.45) is 2.41. The summed E-state index contributed by atoms with van der Waals surface area (Å²) < 4.78 is 10.9. The molecule has 106 valence electrons.